The number of hydrogen-bond acceptors (Lipinski definition) is 3. The Bertz CT molecular complexity index is 783. The number of ether oxygens (including phenoxy) is 1. The standard InChI is InChI=1S/C22H22N2O/c1-2-25-22-15-13-19(14-16-22)17-23-24(21-11-7-4-8-12-21)18-20-9-5-3-6-10-20/h3-17H,2,18H2,1H3/b23-17+. The van der Waals surface area contributed by atoms with E-state index in [0.717, 1.165) is 23.5 Å². The van der Waals surface area contributed by atoms with Crippen LogP contribution in [0.2, 0.25) is 0 Å². The van der Waals surface area contributed by atoms with E-state index in [2.05, 4.69) is 36.4 Å². The molecule has 0 aromatic heterocycles. The van der Waals surface area contributed by atoms with Crippen molar-refractivity contribution in [3.05, 3.63) is 96.1 Å². The van der Waals surface area contributed by atoms with E-state index in [1.165, 1.54) is 5.56 Å². The Morgan fingerprint density at radius 3 is 2.12 bits per heavy atom. The number of hydrazone groups is 1. The molecule has 0 unspecified atom stereocenters. The third-order valence-electron chi connectivity index (χ3n) is 3.77. The SMILES string of the molecule is CCOc1ccc(/C=N/N(Cc2ccccc2)c2ccccc2)cc1. The monoisotopic (exact) mass is 330 g/mol. The molecule has 0 amide bonds. The lowest BCUT2D eigenvalue weighted by Gasteiger charge is -2.19. The summed E-state index contributed by atoms with van der Waals surface area (Å²) in [5, 5.41) is 6.71. The van der Waals surface area contributed by atoms with E-state index in [9.17, 15) is 0 Å². The van der Waals surface area contributed by atoms with E-state index in [1.54, 1.807) is 0 Å². The van der Waals surface area contributed by atoms with Gasteiger partial charge in [-0.25, -0.2) is 0 Å². The Kier molecular flexibility index (Phi) is 5.83. The van der Waals surface area contributed by atoms with Gasteiger partial charge in [-0.3, -0.25) is 5.01 Å². The topological polar surface area (TPSA) is 24.8 Å². The van der Waals surface area contributed by atoms with Gasteiger partial charge >= 0.3 is 0 Å². The number of anilines is 1. The predicted molar refractivity (Wildman–Crippen MR) is 104 cm³/mol. The van der Waals surface area contributed by atoms with Crippen LogP contribution in [0.15, 0.2) is 90.0 Å². The predicted octanol–water partition coefficient (Wildman–Crippen LogP) is 5.13. The first-order valence-corrected chi connectivity index (χ1v) is 8.48. The first kappa shape index (κ1) is 16.8. The van der Waals surface area contributed by atoms with Crippen molar-refractivity contribution in [3.8, 4) is 5.75 Å². The zero-order valence-electron chi connectivity index (χ0n) is 14.4. The van der Waals surface area contributed by atoms with Crippen LogP contribution in [0.5, 0.6) is 5.75 Å². The van der Waals surface area contributed by atoms with Crippen LogP contribution in [-0.4, -0.2) is 12.8 Å². The molecule has 0 saturated carbocycles. The van der Waals surface area contributed by atoms with Crippen LogP contribution in [0.25, 0.3) is 0 Å². The van der Waals surface area contributed by atoms with Crippen LogP contribution >= 0.6 is 0 Å². The highest BCUT2D eigenvalue weighted by Crippen LogP contribution is 2.18. The van der Waals surface area contributed by atoms with Crippen LogP contribution in [-0.2, 0) is 6.54 Å². The van der Waals surface area contributed by atoms with E-state index >= 15 is 0 Å². The van der Waals surface area contributed by atoms with E-state index in [4.69, 9.17) is 9.84 Å². The summed E-state index contributed by atoms with van der Waals surface area (Å²) in [7, 11) is 0. The average Bonchev–Trinajstić information content (AvgIpc) is 2.68. The molecule has 3 nitrogen and oxygen atoms in total. The van der Waals surface area contributed by atoms with E-state index in [1.807, 2.05) is 66.7 Å². The van der Waals surface area contributed by atoms with Gasteiger partial charge in [0.25, 0.3) is 0 Å². The third-order valence-corrected chi connectivity index (χ3v) is 3.77. The lowest BCUT2D eigenvalue weighted by atomic mass is 10.2. The molecule has 0 atom stereocenters. The number of nitrogens with zero attached hydrogens (tertiary/aromatic N) is 2. The molecule has 0 N–H and O–H groups in total. The fraction of sp³-hybridized carbons (Fsp3) is 0.136. The Morgan fingerprint density at radius 1 is 0.840 bits per heavy atom. The molecular weight excluding hydrogens is 308 g/mol. The van der Waals surface area contributed by atoms with Crippen molar-refractivity contribution in [1.29, 1.82) is 0 Å². The molecule has 3 aromatic rings. The summed E-state index contributed by atoms with van der Waals surface area (Å²) in [4.78, 5) is 0. The lowest BCUT2D eigenvalue weighted by Crippen LogP contribution is -2.15. The molecule has 0 saturated heterocycles. The Morgan fingerprint density at radius 2 is 1.48 bits per heavy atom. The lowest BCUT2D eigenvalue weighted by molar-refractivity contribution is 0.340. The fourth-order valence-electron chi connectivity index (χ4n) is 2.51. The van der Waals surface area contributed by atoms with Gasteiger partial charge in [0.1, 0.15) is 5.75 Å². The van der Waals surface area contributed by atoms with Gasteiger partial charge in [0.15, 0.2) is 0 Å². The summed E-state index contributed by atoms with van der Waals surface area (Å²) < 4.78 is 5.48. The minimum absolute atomic E-state index is 0.673. The molecule has 0 radical (unpaired) electrons. The van der Waals surface area contributed by atoms with E-state index in [-0.39, 0.29) is 0 Å². The minimum Gasteiger partial charge on any atom is -0.494 e. The molecule has 0 bridgehead atoms. The second-order valence-corrected chi connectivity index (χ2v) is 5.63. The van der Waals surface area contributed by atoms with Crippen LogP contribution in [0.1, 0.15) is 18.1 Å². The summed E-state index contributed by atoms with van der Waals surface area (Å²) in [5.41, 5.74) is 3.32. The Labute approximate surface area is 149 Å². The first-order valence-electron chi connectivity index (χ1n) is 8.48. The van der Waals surface area contributed by atoms with E-state index in [0.29, 0.717) is 6.61 Å². The number of benzene rings is 3. The Balaban J connectivity index is 1.79. The number of hydrogen-bond donors (Lipinski definition) is 0. The van der Waals surface area contributed by atoms with Crippen LogP contribution < -0.4 is 9.75 Å². The van der Waals surface area contributed by atoms with Crippen molar-refractivity contribution in [3.63, 3.8) is 0 Å². The molecule has 0 heterocycles. The van der Waals surface area contributed by atoms with Gasteiger partial charge in [0.05, 0.1) is 25.1 Å². The summed E-state index contributed by atoms with van der Waals surface area (Å²) in [6, 6.07) is 28.5. The molecule has 0 aliphatic carbocycles. The van der Waals surface area contributed by atoms with Crippen molar-refractivity contribution in [2.45, 2.75) is 13.5 Å². The molecule has 0 fully saturated rings. The largest absolute Gasteiger partial charge is 0.494 e. The highest BCUT2D eigenvalue weighted by molar-refractivity contribution is 5.80. The molecule has 126 valence electrons. The maximum Gasteiger partial charge on any atom is 0.119 e. The summed E-state index contributed by atoms with van der Waals surface area (Å²) in [6.07, 6.45) is 1.88. The molecule has 0 aliphatic rings. The van der Waals surface area contributed by atoms with Crippen molar-refractivity contribution in [2.75, 3.05) is 11.6 Å². The molecular formula is C22H22N2O. The summed E-state index contributed by atoms with van der Waals surface area (Å²) >= 11 is 0. The highest BCUT2D eigenvalue weighted by Gasteiger charge is 2.05. The van der Waals surface area contributed by atoms with Crippen molar-refractivity contribution in [1.82, 2.24) is 0 Å². The zero-order chi connectivity index (χ0) is 17.3. The third kappa shape index (κ3) is 4.95. The molecule has 3 heteroatoms. The maximum absolute atomic E-state index is 5.48. The molecule has 0 aliphatic heterocycles. The second kappa shape index (κ2) is 8.69. The summed E-state index contributed by atoms with van der Waals surface area (Å²) in [6.45, 7) is 3.38. The number of rotatable bonds is 7. The molecule has 3 aromatic carbocycles. The zero-order valence-corrected chi connectivity index (χ0v) is 14.4. The molecule has 25 heavy (non-hydrogen) atoms. The van der Waals surface area contributed by atoms with Gasteiger partial charge < -0.3 is 4.74 Å². The highest BCUT2D eigenvalue weighted by atomic mass is 16.5. The maximum atomic E-state index is 5.48. The molecule has 0 spiro atoms. The van der Waals surface area contributed by atoms with E-state index < -0.39 is 0 Å². The minimum atomic E-state index is 0.673. The Hall–Kier alpha value is -3.07. The van der Waals surface area contributed by atoms with Gasteiger partial charge in [-0.15, -0.1) is 0 Å². The van der Waals surface area contributed by atoms with Crippen LogP contribution in [0, 0.1) is 0 Å². The first-order chi connectivity index (χ1) is 12.3. The van der Waals surface area contributed by atoms with Crippen molar-refractivity contribution >= 4 is 11.9 Å². The summed E-state index contributed by atoms with van der Waals surface area (Å²) in [5.74, 6) is 0.879. The quantitative estimate of drug-likeness (QED) is 0.443. The molecule has 3 rings (SSSR count). The number of para-hydroxylation sites is 1. The van der Waals surface area contributed by atoms with Crippen LogP contribution in [0.3, 0.4) is 0 Å². The average molecular weight is 330 g/mol. The normalized spacial score (nSPS) is 10.8. The van der Waals surface area contributed by atoms with Gasteiger partial charge in [-0.1, -0.05) is 48.5 Å². The van der Waals surface area contributed by atoms with Crippen LogP contribution in [0.4, 0.5) is 5.69 Å². The smallest absolute Gasteiger partial charge is 0.119 e. The second-order valence-electron chi connectivity index (χ2n) is 5.63. The fourth-order valence-corrected chi connectivity index (χ4v) is 2.51. The van der Waals surface area contributed by atoms with Gasteiger partial charge in [0, 0.05) is 0 Å². The van der Waals surface area contributed by atoms with Crippen molar-refractivity contribution < 1.29 is 4.74 Å². The van der Waals surface area contributed by atoms with Gasteiger partial charge in [-0.2, -0.15) is 5.10 Å². The van der Waals surface area contributed by atoms with Gasteiger partial charge in [0.2, 0.25) is 0 Å². The van der Waals surface area contributed by atoms with Crippen molar-refractivity contribution in [2.24, 2.45) is 5.10 Å². The van der Waals surface area contributed by atoms with Gasteiger partial charge in [-0.05, 0) is 54.4 Å².